The van der Waals surface area contributed by atoms with Gasteiger partial charge in [0.1, 0.15) is 24.4 Å². The number of nitrogens with one attached hydrogen (secondary N) is 1. The van der Waals surface area contributed by atoms with Crippen molar-refractivity contribution in [3.63, 3.8) is 0 Å². The summed E-state index contributed by atoms with van der Waals surface area (Å²) < 4.78 is 17.6. The van der Waals surface area contributed by atoms with Crippen LogP contribution in [0.3, 0.4) is 0 Å². The van der Waals surface area contributed by atoms with Crippen molar-refractivity contribution in [1.29, 1.82) is 0 Å². The molecular formula is C68H111NO10. The van der Waals surface area contributed by atoms with Crippen molar-refractivity contribution in [3.05, 3.63) is 134 Å². The maximum Gasteiger partial charge on any atom is 0.306 e. The van der Waals surface area contributed by atoms with E-state index in [9.17, 15) is 35.1 Å². The number of hydrogen-bond donors (Lipinski definition) is 6. The summed E-state index contributed by atoms with van der Waals surface area (Å²) in [6.45, 7) is 5.50. The van der Waals surface area contributed by atoms with Gasteiger partial charge in [0.2, 0.25) is 5.91 Å². The lowest BCUT2D eigenvalue weighted by atomic mass is 9.99. The first-order valence-electron chi connectivity index (χ1n) is 31.0. The number of rotatable bonds is 50. The van der Waals surface area contributed by atoms with Crippen LogP contribution in [0.15, 0.2) is 134 Å². The molecule has 79 heavy (non-hydrogen) atoms. The van der Waals surface area contributed by atoms with E-state index < -0.39 is 67.4 Å². The molecule has 8 unspecified atom stereocenters. The maximum atomic E-state index is 13.4. The summed E-state index contributed by atoms with van der Waals surface area (Å²) in [6.07, 6.45) is 66.3. The third-order valence-electron chi connectivity index (χ3n) is 13.6. The van der Waals surface area contributed by atoms with E-state index in [2.05, 4.69) is 135 Å². The molecule has 0 spiro atoms. The standard InChI is InChI=1S/C68H111NO10/c1-4-7-10-13-16-19-22-25-27-29-30-31-32-33-35-38-41-44-47-50-53-56-63(73)79-66-65(75)64(74)62(57-70)78-68(66)77-58-59(60(71)54-51-48-45-42-39-36-24-21-18-15-12-9-6-3)69-67(76)61(72)55-52-49-46-43-40-37-34-28-26-23-20-17-14-11-8-5-2/h7-8,10-11,16-17,19-20,25-28,30-31,33,35,37,40,46,49,51,54,59-62,64-66,68,70-72,74-75H,4-6,9,12-15,18,21-24,29,32,34,36,38-39,41-45,47-48,50,52-53,55-58H2,1-3H3,(H,69,76)/b10-7-,11-8-,19-16-,20-17-,27-25-,28-26-,31-30-,35-33-,40-37-,49-46-,54-51+. The Hall–Kier alpha value is -4.20. The van der Waals surface area contributed by atoms with Gasteiger partial charge in [-0.05, 0) is 109 Å². The quantitative estimate of drug-likeness (QED) is 0.0195. The van der Waals surface area contributed by atoms with Gasteiger partial charge in [-0.15, -0.1) is 0 Å². The molecule has 1 rings (SSSR count). The lowest BCUT2D eigenvalue weighted by molar-refractivity contribution is -0.305. The van der Waals surface area contributed by atoms with Crippen LogP contribution in [0, 0.1) is 0 Å². The smallest absolute Gasteiger partial charge is 0.306 e. The van der Waals surface area contributed by atoms with E-state index in [1.54, 1.807) is 6.08 Å². The fourth-order valence-corrected chi connectivity index (χ4v) is 8.71. The van der Waals surface area contributed by atoms with Crippen molar-refractivity contribution in [2.24, 2.45) is 0 Å². The van der Waals surface area contributed by atoms with E-state index in [4.69, 9.17) is 14.2 Å². The Balaban J connectivity index is 2.75. The monoisotopic (exact) mass is 1100 g/mol. The number of aliphatic hydroxyl groups excluding tert-OH is 5. The SMILES string of the molecule is CC/C=C\C/C=C\C/C=C\C/C=C\C/C=C\CCCCCCCC(=O)OC1C(OCC(NC(=O)C(O)CC/C=C\C/C=C\C/C=C\C/C=C\C/C=C\CC)C(O)/C=C/CCCCCCCCCCCCC)OC(CO)C(O)C1O. The Morgan fingerprint density at radius 3 is 1.37 bits per heavy atom. The van der Waals surface area contributed by atoms with Gasteiger partial charge in [-0.1, -0.05) is 238 Å². The Kier molecular flexibility index (Phi) is 50.1. The van der Waals surface area contributed by atoms with Crippen molar-refractivity contribution in [2.75, 3.05) is 13.2 Å². The van der Waals surface area contributed by atoms with E-state index in [0.29, 0.717) is 12.8 Å². The van der Waals surface area contributed by atoms with E-state index in [1.165, 1.54) is 51.4 Å². The lowest BCUT2D eigenvalue weighted by Crippen LogP contribution is -2.61. The van der Waals surface area contributed by atoms with Gasteiger partial charge < -0.3 is 45.1 Å². The molecule has 0 aromatic heterocycles. The van der Waals surface area contributed by atoms with Crippen LogP contribution >= 0.6 is 0 Å². The molecule has 0 radical (unpaired) electrons. The molecule has 8 atom stereocenters. The van der Waals surface area contributed by atoms with E-state index in [-0.39, 0.29) is 19.4 Å². The average Bonchev–Trinajstić information content (AvgIpc) is 3.49. The highest BCUT2D eigenvalue weighted by Crippen LogP contribution is 2.26. The highest BCUT2D eigenvalue weighted by atomic mass is 16.7. The number of aliphatic hydroxyl groups is 5. The zero-order chi connectivity index (χ0) is 57.5. The molecule has 1 amide bonds. The molecule has 6 N–H and O–H groups in total. The molecule has 11 heteroatoms. The molecule has 0 aromatic rings. The van der Waals surface area contributed by atoms with Crippen molar-refractivity contribution < 1.29 is 49.3 Å². The maximum absolute atomic E-state index is 13.4. The largest absolute Gasteiger partial charge is 0.454 e. The van der Waals surface area contributed by atoms with Crippen LogP contribution < -0.4 is 5.32 Å². The topological polar surface area (TPSA) is 175 Å². The molecule has 1 fully saturated rings. The summed E-state index contributed by atoms with van der Waals surface area (Å²) in [6, 6.07) is -1.07. The Bertz CT molecular complexity index is 1790. The zero-order valence-corrected chi connectivity index (χ0v) is 49.4. The fourth-order valence-electron chi connectivity index (χ4n) is 8.71. The molecule has 0 aliphatic carbocycles. The first kappa shape index (κ1) is 72.8. The van der Waals surface area contributed by atoms with Gasteiger partial charge in [0.05, 0.1) is 25.4 Å². The van der Waals surface area contributed by atoms with Crippen molar-refractivity contribution >= 4 is 11.9 Å². The number of ether oxygens (including phenoxy) is 3. The molecule has 0 bridgehead atoms. The summed E-state index contributed by atoms with van der Waals surface area (Å²) in [5.41, 5.74) is 0. The summed E-state index contributed by atoms with van der Waals surface area (Å²) in [5, 5.41) is 56.9. The molecule has 0 aromatic carbocycles. The van der Waals surface area contributed by atoms with Crippen LogP contribution in [0.4, 0.5) is 0 Å². The van der Waals surface area contributed by atoms with Crippen molar-refractivity contribution in [3.8, 4) is 0 Å². The van der Waals surface area contributed by atoms with Gasteiger partial charge in [0.15, 0.2) is 12.4 Å². The molecule has 1 aliphatic heterocycles. The van der Waals surface area contributed by atoms with Crippen molar-refractivity contribution in [1.82, 2.24) is 5.32 Å². The summed E-state index contributed by atoms with van der Waals surface area (Å²) in [5.74, 6) is -1.29. The lowest BCUT2D eigenvalue weighted by Gasteiger charge is -2.41. The summed E-state index contributed by atoms with van der Waals surface area (Å²) in [7, 11) is 0. The fraction of sp³-hybridized carbons (Fsp3) is 0.647. The third kappa shape index (κ3) is 42.3. The summed E-state index contributed by atoms with van der Waals surface area (Å²) in [4.78, 5) is 26.5. The van der Waals surface area contributed by atoms with Crippen LogP contribution in [0.5, 0.6) is 0 Å². The second kappa shape index (κ2) is 54.4. The molecular weight excluding hydrogens is 991 g/mol. The van der Waals surface area contributed by atoms with Gasteiger partial charge in [0.25, 0.3) is 0 Å². The van der Waals surface area contributed by atoms with Gasteiger partial charge in [-0.25, -0.2) is 0 Å². The van der Waals surface area contributed by atoms with Gasteiger partial charge >= 0.3 is 5.97 Å². The zero-order valence-electron chi connectivity index (χ0n) is 49.4. The second-order valence-electron chi connectivity index (χ2n) is 20.7. The van der Waals surface area contributed by atoms with Crippen LogP contribution in [0.1, 0.15) is 220 Å². The number of allylic oxidation sites excluding steroid dienone is 21. The number of unbranched alkanes of at least 4 members (excludes halogenated alkanes) is 16. The second-order valence-corrected chi connectivity index (χ2v) is 20.7. The highest BCUT2D eigenvalue weighted by molar-refractivity contribution is 5.80. The van der Waals surface area contributed by atoms with E-state index in [1.807, 2.05) is 18.2 Å². The molecule has 0 saturated carbocycles. The van der Waals surface area contributed by atoms with E-state index >= 15 is 0 Å². The summed E-state index contributed by atoms with van der Waals surface area (Å²) >= 11 is 0. The minimum absolute atomic E-state index is 0.0864. The molecule has 448 valence electrons. The van der Waals surface area contributed by atoms with Crippen LogP contribution in [-0.4, -0.2) is 99.6 Å². The van der Waals surface area contributed by atoms with Crippen LogP contribution in [0.2, 0.25) is 0 Å². The molecule has 1 aliphatic rings. The number of carbonyl (C=O) groups excluding carboxylic acids is 2. The predicted octanol–water partition coefficient (Wildman–Crippen LogP) is 14.8. The number of hydrogen-bond acceptors (Lipinski definition) is 10. The average molecular weight is 1100 g/mol. The minimum atomic E-state index is -1.64. The van der Waals surface area contributed by atoms with Gasteiger partial charge in [-0.2, -0.15) is 0 Å². The Morgan fingerprint density at radius 2 is 0.911 bits per heavy atom. The van der Waals surface area contributed by atoms with Crippen LogP contribution in [-0.2, 0) is 23.8 Å². The first-order valence-corrected chi connectivity index (χ1v) is 31.0. The van der Waals surface area contributed by atoms with Crippen molar-refractivity contribution in [2.45, 2.75) is 269 Å². The van der Waals surface area contributed by atoms with Gasteiger partial charge in [-0.3, -0.25) is 9.59 Å². The number of amides is 1. The number of carbonyl (C=O) groups is 2. The van der Waals surface area contributed by atoms with Crippen LogP contribution in [0.25, 0.3) is 0 Å². The third-order valence-corrected chi connectivity index (χ3v) is 13.6. The predicted molar refractivity (Wildman–Crippen MR) is 328 cm³/mol. The normalized spacial score (nSPS) is 19.8. The Morgan fingerprint density at radius 1 is 0.506 bits per heavy atom. The Labute approximate surface area is 480 Å². The first-order chi connectivity index (χ1) is 38.7. The molecule has 1 heterocycles. The highest BCUT2D eigenvalue weighted by Gasteiger charge is 2.47. The number of esters is 1. The van der Waals surface area contributed by atoms with Gasteiger partial charge in [0, 0.05) is 6.42 Å². The van der Waals surface area contributed by atoms with E-state index in [0.717, 1.165) is 122 Å². The minimum Gasteiger partial charge on any atom is -0.454 e. The molecule has 11 nitrogen and oxygen atoms in total. The molecule has 1 saturated heterocycles.